The highest BCUT2D eigenvalue weighted by atomic mass is 16.6. The van der Waals surface area contributed by atoms with E-state index in [0.717, 1.165) is 27.8 Å². The minimum absolute atomic E-state index is 0.0834. The van der Waals surface area contributed by atoms with Gasteiger partial charge >= 0.3 is 0 Å². The molecule has 112 valence electrons. The van der Waals surface area contributed by atoms with Crippen molar-refractivity contribution in [3.8, 4) is 5.75 Å². The smallest absolute Gasteiger partial charge is 0.207 e. The maximum atomic E-state index is 10.6. The summed E-state index contributed by atoms with van der Waals surface area (Å²) in [4.78, 5) is 13.4. The van der Waals surface area contributed by atoms with E-state index in [4.69, 9.17) is 4.74 Å². The highest BCUT2D eigenvalue weighted by Gasteiger charge is 2.11. The van der Waals surface area contributed by atoms with Crippen LogP contribution in [0.4, 0.5) is 0 Å². The van der Waals surface area contributed by atoms with E-state index in [9.17, 15) is 10.1 Å². The number of ether oxygens (including phenoxy) is 1. The predicted octanol–water partition coefficient (Wildman–Crippen LogP) is 3.57. The van der Waals surface area contributed by atoms with Crippen LogP contribution in [0, 0.1) is 10.1 Å². The molecule has 0 aliphatic carbocycles. The minimum atomic E-state index is -0.299. The first-order valence-corrected chi connectivity index (χ1v) is 7.11. The topological polar surface area (TPSA) is 68.2 Å². The van der Waals surface area contributed by atoms with Crippen molar-refractivity contribution in [2.75, 3.05) is 6.54 Å². The van der Waals surface area contributed by atoms with Gasteiger partial charge in [0.1, 0.15) is 12.4 Å². The van der Waals surface area contributed by atoms with Crippen molar-refractivity contribution in [1.29, 1.82) is 0 Å². The van der Waals surface area contributed by atoms with Crippen LogP contribution in [0.15, 0.2) is 54.7 Å². The molecule has 0 spiro atoms. The summed E-state index contributed by atoms with van der Waals surface area (Å²) in [7, 11) is 0. The van der Waals surface area contributed by atoms with Crippen LogP contribution in [-0.2, 0) is 13.0 Å². The number of hydrogen-bond acceptors (Lipinski definition) is 3. The molecule has 5 heteroatoms. The van der Waals surface area contributed by atoms with Gasteiger partial charge in [0.2, 0.25) is 6.54 Å². The second-order valence-electron chi connectivity index (χ2n) is 5.07. The monoisotopic (exact) mass is 296 g/mol. The van der Waals surface area contributed by atoms with Crippen LogP contribution in [0.5, 0.6) is 5.75 Å². The Morgan fingerprint density at radius 1 is 1.09 bits per heavy atom. The lowest BCUT2D eigenvalue weighted by atomic mass is 10.1. The highest BCUT2D eigenvalue weighted by molar-refractivity contribution is 5.89. The molecule has 3 rings (SSSR count). The summed E-state index contributed by atoms with van der Waals surface area (Å²) in [5, 5.41) is 11.5. The molecule has 0 amide bonds. The highest BCUT2D eigenvalue weighted by Crippen LogP contribution is 2.29. The first-order chi connectivity index (χ1) is 10.7. The number of nitrogens with one attached hydrogen (secondary N) is 1. The Morgan fingerprint density at radius 2 is 1.91 bits per heavy atom. The second kappa shape index (κ2) is 6.30. The fourth-order valence-corrected chi connectivity index (χ4v) is 2.48. The normalized spacial score (nSPS) is 10.7. The van der Waals surface area contributed by atoms with E-state index in [1.165, 1.54) is 0 Å². The number of nitrogens with zero attached hydrogens (tertiary/aromatic N) is 1. The molecule has 0 radical (unpaired) electrons. The Balaban J connectivity index is 1.85. The zero-order valence-electron chi connectivity index (χ0n) is 12.0. The van der Waals surface area contributed by atoms with E-state index in [-0.39, 0.29) is 11.5 Å². The Bertz CT molecular complexity index is 781. The van der Waals surface area contributed by atoms with Crippen LogP contribution in [0.1, 0.15) is 11.1 Å². The third kappa shape index (κ3) is 3.09. The quantitative estimate of drug-likeness (QED) is 0.558. The molecule has 3 aromatic rings. The summed E-state index contributed by atoms with van der Waals surface area (Å²) in [5.41, 5.74) is 2.93. The molecular formula is C17H16N2O3. The van der Waals surface area contributed by atoms with Crippen molar-refractivity contribution in [2.45, 2.75) is 13.0 Å². The van der Waals surface area contributed by atoms with E-state index < -0.39 is 0 Å². The average molecular weight is 296 g/mol. The van der Waals surface area contributed by atoms with Crippen molar-refractivity contribution in [1.82, 2.24) is 4.98 Å². The molecule has 22 heavy (non-hydrogen) atoms. The van der Waals surface area contributed by atoms with Crippen LogP contribution in [0.3, 0.4) is 0 Å². The Hall–Kier alpha value is -2.82. The van der Waals surface area contributed by atoms with Gasteiger partial charge in [-0.25, -0.2) is 0 Å². The maximum Gasteiger partial charge on any atom is 0.207 e. The fraction of sp³-hybridized carbons (Fsp3) is 0.176. The molecule has 5 nitrogen and oxygen atoms in total. The Labute approximate surface area is 127 Å². The third-order valence-corrected chi connectivity index (χ3v) is 3.55. The summed E-state index contributed by atoms with van der Waals surface area (Å²) in [6.45, 7) is 0.389. The van der Waals surface area contributed by atoms with E-state index in [1.54, 1.807) is 0 Å². The first kappa shape index (κ1) is 14.1. The second-order valence-corrected chi connectivity index (χ2v) is 5.07. The van der Waals surface area contributed by atoms with Crippen LogP contribution < -0.4 is 4.74 Å². The number of fused-ring (bicyclic) bond motifs is 1. The van der Waals surface area contributed by atoms with Gasteiger partial charge < -0.3 is 9.72 Å². The molecule has 0 aliphatic heterocycles. The number of aromatic nitrogens is 1. The summed E-state index contributed by atoms with van der Waals surface area (Å²) >= 11 is 0. The molecule has 1 aromatic heterocycles. The van der Waals surface area contributed by atoms with Crippen molar-refractivity contribution in [3.05, 3.63) is 76.0 Å². The zero-order chi connectivity index (χ0) is 15.4. The van der Waals surface area contributed by atoms with Crippen molar-refractivity contribution in [2.24, 2.45) is 0 Å². The lowest BCUT2D eigenvalue weighted by molar-refractivity contribution is -0.479. The van der Waals surface area contributed by atoms with Crippen molar-refractivity contribution < 1.29 is 9.66 Å². The lowest BCUT2D eigenvalue weighted by Gasteiger charge is -2.09. The van der Waals surface area contributed by atoms with E-state index in [0.29, 0.717) is 13.0 Å². The third-order valence-electron chi connectivity index (χ3n) is 3.55. The Morgan fingerprint density at radius 3 is 2.68 bits per heavy atom. The predicted molar refractivity (Wildman–Crippen MR) is 84.6 cm³/mol. The zero-order valence-corrected chi connectivity index (χ0v) is 12.0. The summed E-state index contributed by atoms with van der Waals surface area (Å²) < 4.78 is 5.92. The van der Waals surface area contributed by atoms with Crippen LogP contribution in [-0.4, -0.2) is 16.5 Å². The number of aromatic amines is 1. The SMILES string of the molecule is O=[N+]([O-])CCc1c[nH]c2cccc(OCc3ccccc3)c12. The van der Waals surface area contributed by atoms with E-state index in [2.05, 4.69) is 4.98 Å². The number of hydrogen-bond donors (Lipinski definition) is 1. The van der Waals surface area contributed by atoms with Gasteiger partial charge in [0.15, 0.2) is 0 Å². The van der Waals surface area contributed by atoms with Crippen molar-refractivity contribution in [3.63, 3.8) is 0 Å². The standard InChI is InChI=1S/C17H16N2O3/c20-19(21)10-9-14-11-18-15-7-4-8-16(17(14)15)22-12-13-5-2-1-3-6-13/h1-8,11,18H,9-10,12H2. The molecule has 1 N–H and O–H groups in total. The molecular weight excluding hydrogens is 280 g/mol. The molecule has 0 aliphatic rings. The number of nitro groups is 1. The first-order valence-electron chi connectivity index (χ1n) is 7.11. The van der Waals surface area contributed by atoms with Gasteiger partial charge in [-0.15, -0.1) is 0 Å². The molecule has 0 saturated carbocycles. The maximum absolute atomic E-state index is 10.6. The van der Waals surface area contributed by atoms with Crippen molar-refractivity contribution >= 4 is 10.9 Å². The van der Waals surface area contributed by atoms with Gasteiger partial charge in [0, 0.05) is 28.4 Å². The van der Waals surface area contributed by atoms with Crippen LogP contribution in [0.2, 0.25) is 0 Å². The fourth-order valence-electron chi connectivity index (χ4n) is 2.48. The molecule has 0 atom stereocenters. The Kier molecular flexibility index (Phi) is 4.05. The molecule has 0 saturated heterocycles. The molecule has 0 fully saturated rings. The van der Waals surface area contributed by atoms with Crippen LogP contribution in [0.25, 0.3) is 10.9 Å². The van der Waals surface area contributed by atoms with Gasteiger partial charge in [-0.1, -0.05) is 36.4 Å². The van der Waals surface area contributed by atoms with Gasteiger partial charge in [0.25, 0.3) is 0 Å². The van der Waals surface area contributed by atoms with Gasteiger partial charge in [-0.2, -0.15) is 0 Å². The van der Waals surface area contributed by atoms with Crippen LogP contribution >= 0.6 is 0 Å². The van der Waals surface area contributed by atoms with Gasteiger partial charge in [0.05, 0.1) is 0 Å². The van der Waals surface area contributed by atoms with E-state index in [1.807, 2.05) is 54.7 Å². The molecule has 2 aromatic carbocycles. The van der Waals surface area contributed by atoms with Gasteiger partial charge in [-0.3, -0.25) is 10.1 Å². The van der Waals surface area contributed by atoms with Gasteiger partial charge in [-0.05, 0) is 23.3 Å². The molecule has 0 unspecified atom stereocenters. The number of H-pyrrole nitrogens is 1. The minimum Gasteiger partial charge on any atom is -0.488 e. The summed E-state index contributed by atoms with van der Waals surface area (Å²) in [6, 6.07) is 15.7. The number of benzene rings is 2. The lowest BCUT2D eigenvalue weighted by Crippen LogP contribution is -2.04. The average Bonchev–Trinajstić information content (AvgIpc) is 2.96. The van der Waals surface area contributed by atoms with E-state index >= 15 is 0 Å². The number of rotatable bonds is 6. The molecule has 0 bridgehead atoms. The molecule has 1 heterocycles. The summed E-state index contributed by atoms with van der Waals surface area (Å²) in [5.74, 6) is 0.751. The largest absolute Gasteiger partial charge is 0.488 e. The summed E-state index contributed by atoms with van der Waals surface area (Å²) in [6.07, 6.45) is 2.21.